The quantitative estimate of drug-likeness (QED) is 0.653. The van der Waals surface area contributed by atoms with Crippen LogP contribution in [0.4, 0.5) is 0 Å². The molecule has 0 saturated heterocycles. The van der Waals surface area contributed by atoms with Crippen LogP contribution in [0.3, 0.4) is 0 Å². The molecule has 0 amide bonds. The highest BCUT2D eigenvalue weighted by atomic mass is 16.5. The van der Waals surface area contributed by atoms with Crippen LogP contribution in [-0.4, -0.2) is 25.8 Å². The largest absolute Gasteiger partial charge is 0.383 e. The topological polar surface area (TPSA) is 21.3 Å². The van der Waals surface area contributed by atoms with Crippen LogP contribution >= 0.6 is 0 Å². The van der Waals surface area contributed by atoms with Crippen molar-refractivity contribution >= 4 is 0 Å². The van der Waals surface area contributed by atoms with Gasteiger partial charge in [0.25, 0.3) is 0 Å². The molecule has 1 N–H and O–H groups in total. The van der Waals surface area contributed by atoms with Gasteiger partial charge in [-0.25, -0.2) is 0 Å². The summed E-state index contributed by atoms with van der Waals surface area (Å²) in [6, 6.07) is 1.26. The molecule has 16 heavy (non-hydrogen) atoms. The molecule has 0 aliphatic heterocycles. The summed E-state index contributed by atoms with van der Waals surface area (Å²) in [7, 11) is 1.81. The molecule has 1 saturated carbocycles. The van der Waals surface area contributed by atoms with Gasteiger partial charge in [0.05, 0.1) is 6.61 Å². The van der Waals surface area contributed by atoms with Crippen LogP contribution in [0.2, 0.25) is 0 Å². The lowest BCUT2D eigenvalue weighted by Crippen LogP contribution is -2.45. The molecule has 96 valence electrons. The molecule has 0 heterocycles. The molecule has 1 fully saturated rings. The number of nitrogens with one attached hydrogen (secondary N) is 1. The Kier molecular flexibility index (Phi) is 6.37. The Labute approximate surface area is 101 Å². The second-order valence-corrected chi connectivity index (χ2v) is 5.35. The van der Waals surface area contributed by atoms with Crippen molar-refractivity contribution in [1.29, 1.82) is 0 Å². The third-order valence-electron chi connectivity index (χ3n) is 3.84. The van der Waals surface area contributed by atoms with E-state index < -0.39 is 0 Å². The molecule has 0 bridgehead atoms. The number of hydrogen-bond acceptors (Lipinski definition) is 2. The van der Waals surface area contributed by atoms with Crippen molar-refractivity contribution in [3.63, 3.8) is 0 Å². The summed E-state index contributed by atoms with van der Waals surface area (Å²) in [5.74, 6) is 1.66. The Morgan fingerprint density at radius 1 is 1.31 bits per heavy atom. The lowest BCUT2D eigenvalue weighted by atomic mass is 9.94. The SMILES string of the molecule is CCCC(C)C(CC)NC(COC)C1CC1. The zero-order valence-corrected chi connectivity index (χ0v) is 11.5. The zero-order chi connectivity index (χ0) is 12.0. The van der Waals surface area contributed by atoms with E-state index in [0.717, 1.165) is 18.4 Å². The van der Waals surface area contributed by atoms with E-state index in [1.807, 2.05) is 7.11 Å². The van der Waals surface area contributed by atoms with Crippen LogP contribution in [-0.2, 0) is 4.74 Å². The molecule has 3 atom stereocenters. The van der Waals surface area contributed by atoms with Crippen molar-refractivity contribution in [2.45, 2.75) is 65.0 Å². The Hall–Kier alpha value is -0.0800. The van der Waals surface area contributed by atoms with Crippen molar-refractivity contribution in [2.24, 2.45) is 11.8 Å². The molecule has 3 unspecified atom stereocenters. The van der Waals surface area contributed by atoms with Crippen molar-refractivity contribution < 1.29 is 4.74 Å². The molecule has 0 aromatic heterocycles. The summed E-state index contributed by atoms with van der Waals surface area (Å²) in [5.41, 5.74) is 0. The third kappa shape index (κ3) is 4.42. The highest BCUT2D eigenvalue weighted by molar-refractivity contribution is 4.89. The van der Waals surface area contributed by atoms with Crippen LogP contribution in [0.25, 0.3) is 0 Å². The van der Waals surface area contributed by atoms with E-state index in [1.165, 1.54) is 32.1 Å². The molecule has 2 heteroatoms. The number of hydrogen-bond donors (Lipinski definition) is 1. The predicted octanol–water partition coefficient (Wildman–Crippen LogP) is 3.22. The Morgan fingerprint density at radius 2 is 2.00 bits per heavy atom. The minimum Gasteiger partial charge on any atom is -0.383 e. The van der Waals surface area contributed by atoms with Crippen molar-refractivity contribution in [3.05, 3.63) is 0 Å². The first-order valence-electron chi connectivity index (χ1n) is 6.97. The summed E-state index contributed by atoms with van der Waals surface area (Å²) in [6.07, 6.45) is 6.63. The normalized spacial score (nSPS) is 21.8. The summed E-state index contributed by atoms with van der Waals surface area (Å²) >= 11 is 0. The number of ether oxygens (including phenoxy) is 1. The average Bonchev–Trinajstić information content (AvgIpc) is 3.08. The first-order chi connectivity index (χ1) is 7.72. The standard InChI is InChI=1S/C14H29NO/c1-5-7-11(3)13(6-2)15-14(10-16-4)12-8-9-12/h11-15H,5-10H2,1-4H3. The van der Waals surface area contributed by atoms with Crippen LogP contribution < -0.4 is 5.32 Å². The fraction of sp³-hybridized carbons (Fsp3) is 1.00. The van der Waals surface area contributed by atoms with E-state index in [2.05, 4.69) is 26.1 Å². The summed E-state index contributed by atoms with van der Waals surface area (Å²) in [5, 5.41) is 3.83. The molecule has 1 rings (SSSR count). The Balaban J connectivity index is 2.39. The maximum absolute atomic E-state index is 5.33. The molecule has 2 nitrogen and oxygen atoms in total. The highest BCUT2D eigenvalue weighted by Crippen LogP contribution is 2.33. The highest BCUT2D eigenvalue weighted by Gasteiger charge is 2.32. The zero-order valence-electron chi connectivity index (χ0n) is 11.5. The Bertz CT molecular complexity index is 180. The molecule has 1 aliphatic rings. The van der Waals surface area contributed by atoms with Gasteiger partial charge in [-0.2, -0.15) is 0 Å². The minimum atomic E-state index is 0.592. The summed E-state index contributed by atoms with van der Waals surface area (Å²) in [6.45, 7) is 7.82. The molecule has 0 spiro atoms. The molecule has 0 radical (unpaired) electrons. The average molecular weight is 227 g/mol. The smallest absolute Gasteiger partial charge is 0.0618 e. The minimum absolute atomic E-state index is 0.592. The third-order valence-corrected chi connectivity index (χ3v) is 3.84. The predicted molar refractivity (Wildman–Crippen MR) is 69.7 cm³/mol. The van der Waals surface area contributed by atoms with E-state index in [1.54, 1.807) is 0 Å². The molecule has 0 aromatic rings. The molecule has 0 aromatic carbocycles. The van der Waals surface area contributed by atoms with Gasteiger partial charge >= 0.3 is 0 Å². The van der Waals surface area contributed by atoms with E-state index in [9.17, 15) is 0 Å². The summed E-state index contributed by atoms with van der Waals surface area (Å²) < 4.78 is 5.33. The summed E-state index contributed by atoms with van der Waals surface area (Å²) in [4.78, 5) is 0. The lowest BCUT2D eigenvalue weighted by molar-refractivity contribution is 0.143. The fourth-order valence-electron chi connectivity index (χ4n) is 2.61. The van der Waals surface area contributed by atoms with Gasteiger partial charge in [0, 0.05) is 19.2 Å². The van der Waals surface area contributed by atoms with Crippen molar-refractivity contribution in [2.75, 3.05) is 13.7 Å². The number of rotatable bonds is 9. The maximum Gasteiger partial charge on any atom is 0.0618 e. The monoisotopic (exact) mass is 227 g/mol. The van der Waals surface area contributed by atoms with Gasteiger partial charge < -0.3 is 10.1 Å². The van der Waals surface area contributed by atoms with Crippen molar-refractivity contribution in [3.8, 4) is 0 Å². The van der Waals surface area contributed by atoms with Gasteiger partial charge in [-0.15, -0.1) is 0 Å². The first kappa shape index (κ1) is 14.0. The Morgan fingerprint density at radius 3 is 2.44 bits per heavy atom. The van der Waals surface area contributed by atoms with Gasteiger partial charge in [0.1, 0.15) is 0 Å². The van der Waals surface area contributed by atoms with Gasteiger partial charge in [0.2, 0.25) is 0 Å². The molecule has 1 aliphatic carbocycles. The first-order valence-corrected chi connectivity index (χ1v) is 6.97. The van der Waals surface area contributed by atoms with E-state index in [-0.39, 0.29) is 0 Å². The van der Waals surface area contributed by atoms with Gasteiger partial charge in [-0.3, -0.25) is 0 Å². The molecular weight excluding hydrogens is 198 g/mol. The van der Waals surface area contributed by atoms with Crippen LogP contribution in [0.5, 0.6) is 0 Å². The second-order valence-electron chi connectivity index (χ2n) is 5.35. The van der Waals surface area contributed by atoms with Crippen LogP contribution in [0.1, 0.15) is 52.9 Å². The fourth-order valence-corrected chi connectivity index (χ4v) is 2.61. The second kappa shape index (κ2) is 7.29. The van der Waals surface area contributed by atoms with Crippen LogP contribution in [0.15, 0.2) is 0 Å². The number of methoxy groups -OCH3 is 1. The van der Waals surface area contributed by atoms with Gasteiger partial charge in [0.15, 0.2) is 0 Å². The van der Waals surface area contributed by atoms with E-state index in [4.69, 9.17) is 4.74 Å². The van der Waals surface area contributed by atoms with Crippen molar-refractivity contribution in [1.82, 2.24) is 5.32 Å². The van der Waals surface area contributed by atoms with Gasteiger partial charge in [-0.05, 0) is 37.5 Å². The maximum atomic E-state index is 5.33. The van der Waals surface area contributed by atoms with Gasteiger partial charge in [-0.1, -0.05) is 27.2 Å². The van der Waals surface area contributed by atoms with E-state index in [0.29, 0.717) is 12.1 Å². The van der Waals surface area contributed by atoms with Crippen LogP contribution in [0, 0.1) is 11.8 Å². The van der Waals surface area contributed by atoms with E-state index >= 15 is 0 Å². The lowest BCUT2D eigenvalue weighted by Gasteiger charge is -2.29. The molecular formula is C14H29NO.